The van der Waals surface area contributed by atoms with Crippen molar-refractivity contribution in [3.05, 3.63) is 34.4 Å². The molecular formula is C16H25N5O2. The standard InChI is InChI=1S/C16H25N5O2/c1-13-6-5-11-20(12-13)16(17-2)19-10-9-18-14-7-3-4-8-15(14)21(22)23/h3-4,7-8,13,18H,5-6,9-12H2,1-2H3,(H,17,19). The molecule has 1 unspecified atom stereocenters. The predicted octanol–water partition coefficient (Wildman–Crippen LogP) is 2.31. The van der Waals surface area contributed by atoms with Crippen molar-refractivity contribution in [2.24, 2.45) is 10.9 Å². The van der Waals surface area contributed by atoms with E-state index in [4.69, 9.17) is 0 Å². The summed E-state index contributed by atoms with van der Waals surface area (Å²) in [7, 11) is 1.79. The minimum absolute atomic E-state index is 0.0988. The third-order valence-electron chi connectivity index (χ3n) is 3.99. The van der Waals surface area contributed by atoms with Crippen molar-refractivity contribution in [1.29, 1.82) is 0 Å². The van der Waals surface area contributed by atoms with Crippen LogP contribution in [0.25, 0.3) is 0 Å². The molecule has 7 nitrogen and oxygen atoms in total. The minimum atomic E-state index is -0.371. The predicted molar refractivity (Wildman–Crippen MR) is 92.9 cm³/mol. The first-order valence-corrected chi connectivity index (χ1v) is 8.04. The molecule has 126 valence electrons. The van der Waals surface area contributed by atoms with Crippen LogP contribution in [0.5, 0.6) is 0 Å². The van der Waals surface area contributed by atoms with Crippen LogP contribution < -0.4 is 10.6 Å². The summed E-state index contributed by atoms with van der Waals surface area (Å²) in [5, 5.41) is 17.4. The van der Waals surface area contributed by atoms with Crippen LogP contribution >= 0.6 is 0 Å². The van der Waals surface area contributed by atoms with Crippen LogP contribution in [0.3, 0.4) is 0 Å². The highest BCUT2D eigenvalue weighted by molar-refractivity contribution is 5.80. The van der Waals surface area contributed by atoms with E-state index < -0.39 is 0 Å². The largest absolute Gasteiger partial charge is 0.378 e. The second-order valence-corrected chi connectivity index (χ2v) is 5.87. The summed E-state index contributed by atoms with van der Waals surface area (Å²) in [6, 6.07) is 6.68. The third kappa shape index (κ3) is 4.84. The molecule has 0 saturated carbocycles. The Kier molecular flexibility index (Phi) is 6.19. The number of benzene rings is 1. The van der Waals surface area contributed by atoms with Gasteiger partial charge in [-0.05, 0) is 24.8 Å². The van der Waals surface area contributed by atoms with Crippen LogP contribution in [0, 0.1) is 16.0 Å². The van der Waals surface area contributed by atoms with Gasteiger partial charge in [-0.3, -0.25) is 15.1 Å². The van der Waals surface area contributed by atoms with Crippen LogP contribution in [0.4, 0.5) is 11.4 Å². The van der Waals surface area contributed by atoms with Crippen molar-refractivity contribution in [3.63, 3.8) is 0 Å². The number of nitrogens with one attached hydrogen (secondary N) is 2. The van der Waals surface area contributed by atoms with Crippen LogP contribution in [-0.4, -0.2) is 49.0 Å². The smallest absolute Gasteiger partial charge is 0.292 e. The first-order chi connectivity index (χ1) is 11.1. The number of para-hydroxylation sites is 2. The Labute approximate surface area is 136 Å². The summed E-state index contributed by atoms with van der Waals surface area (Å²) < 4.78 is 0. The first kappa shape index (κ1) is 17.1. The number of nitro groups is 1. The second kappa shape index (κ2) is 8.36. The normalized spacial score (nSPS) is 18.6. The van der Waals surface area contributed by atoms with Crippen molar-refractivity contribution >= 4 is 17.3 Å². The Hall–Kier alpha value is -2.31. The third-order valence-corrected chi connectivity index (χ3v) is 3.99. The number of piperidine rings is 1. The number of nitrogens with zero attached hydrogens (tertiary/aromatic N) is 3. The van der Waals surface area contributed by atoms with Gasteiger partial charge in [-0.25, -0.2) is 0 Å². The minimum Gasteiger partial charge on any atom is -0.378 e. The van der Waals surface area contributed by atoms with Gasteiger partial charge >= 0.3 is 0 Å². The molecule has 0 aromatic heterocycles. The number of rotatable bonds is 5. The lowest BCUT2D eigenvalue weighted by Crippen LogP contribution is -2.47. The molecule has 0 aliphatic carbocycles. The number of nitro benzene ring substituents is 1. The molecule has 1 saturated heterocycles. The molecule has 2 rings (SSSR count). The highest BCUT2D eigenvalue weighted by Crippen LogP contribution is 2.22. The maximum absolute atomic E-state index is 11.0. The Morgan fingerprint density at radius 2 is 2.22 bits per heavy atom. The zero-order chi connectivity index (χ0) is 16.7. The van der Waals surface area contributed by atoms with Crippen molar-refractivity contribution < 1.29 is 4.92 Å². The molecule has 1 aliphatic rings. The van der Waals surface area contributed by atoms with Crippen LogP contribution in [-0.2, 0) is 0 Å². The second-order valence-electron chi connectivity index (χ2n) is 5.87. The van der Waals surface area contributed by atoms with E-state index in [0.29, 0.717) is 24.7 Å². The fourth-order valence-corrected chi connectivity index (χ4v) is 2.87. The number of guanidine groups is 1. The van der Waals surface area contributed by atoms with Crippen molar-refractivity contribution in [2.45, 2.75) is 19.8 Å². The van der Waals surface area contributed by atoms with E-state index in [9.17, 15) is 10.1 Å². The molecule has 0 radical (unpaired) electrons. The first-order valence-electron chi connectivity index (χ1n) is 8.04. The average molecular weight is 319 g/mol. The Morgan fingerprint density at radius 3 is 2.91 bits per heavy atom. The van der Waals surface area contributed by atoms with Gasteiger partial charge in [0.05, 0.1) is 4.92 Å². The van der Waals surface area contributed by atoms with Crippen molar-refractivity contribution in [2.75, 3.05) is 38.5 Å². The highest BCUT2D eigenvalue weighted by Gasteiger charge is 2.19. The van der Waals surface area contributed by atoms with Crippen molar-refractivity contribution in [3.8, 4) is 0 Å². The summed E-state index contributed by atoms with van der Waals surface area (Å²) in [5.41, 5.74) is 0.641. The number of hydrogen-bond acceptors (Lipinski definition) is 4. The summed E-state index contributed by atoms with van der Waals surface area (Å²) in [6.45, 7) is 5.56. The molecule has 1 aliphatic heterocycles. The zero-order valence-corrected chi connectivity index (χ0v) is 13.8. The monoisotopic (exact) mass is 319 g/mol. The number of aliphatic imine (C=N–C) groups is 1. The van der Waals surface area contributed by atoms with Gasteiger partial charge in [0.15, 0.2) is 5.96 Å². The Balaban J connectivity index is 1.81. The molecule has 1 aromatic rings. The van der Waals surface area contributed by atoms with Crippen molar-refractivity contribution in [1.82, 2.24) is 10.2 Å². The van der Waals surface area contributed by atoms with E-state index in [1.165, 1.54) is 18.9 Å². The van der Waals surface area contributed by atoms with Crippen LogP contribution in [0.15, 0.2) is 29.3 Å². The number of hydrogen-bond donors (Lipinski definition) is 2. The lowest BCUT2D eigenvalue weighted by atomic mass is 10.0. The van der Waals surface area contributed by atoms with Gasteiger partial charge < -0.3 is 15.5 Å². The van der Waals surface area contributed by atoms with Gasteiger partial charge in [0.25, 0.3) is 5.69 Å². The fraction of sp³-hybridized carbons (Fsp3) is 0.562. The van der Waals surface area contributed by atoms with Gasteiger partial charge in [-0.2, -0.15) is 0 Å². The van der Waals surface area contributed by atoms with E-state index in [1.807, 2.05) is 0 Å². The summed E-state index contributed by atoms with van der Waals surface area (Å²) in [5.74, 6) is 1.59. The van der Waals surface area contributed by atoms with Gasteiger partial charge in [0.2, 0.25) is 0 Å². The topological polar surface area (TPSA) is 82.8 Å². The van der Waals surface area contributed by atoms with Gasteiger partial charge in [-0.1, -0.05) is 19.1 Å². The van der Waals surface area contributed by atoms with Gasteiger partial charge in [0, 0.05) is 39.3 Å². The number of likely N-dealkylation sites (tertiary alicyclic amines) is 1. The van der Waals surface area contributed by atoms with E-state index >= 15 is 0 Å². The molecule has 1 heterocycles. The van der Waals surface area contributed by atoms with E-state index in [2.05, 4.69) is 27.4 Å². The maximum Gasteiger partial charge on any atom is 0.292 e. The number of anilines is 1. The maximum atomic E-state index is 11.0. The SMILES string of the molecule is CN=C(NCCNc1ccccc1[N+](=O)[O-])N1CCCC(C)C1. The summed E-state index contributed by atoms with van der Waals surface area (Å²) >= 11 is 0. The molecule has 7 heteroatoms. The van der Waals surface area contributed by atoms with Crippen LogP contribution in [0.2, 0.25) is 0 Å². The Morgan fingerprint density at radius 1 is 1.43 bits per heavy atom. The highest BCUT2D eigenvalue weighted by atomic mass is 16.6. The molecule has 2 N–H and O–H groups in total. The summed E-state index contributed by atoms with van der Waals surface area (Å²) in [4.78, 5) is 17.2. The molecule has 0 amide bonds. The molecule has 1 aromatic carbocycles. The fourth-order valence-electron chi connectivity index (χ4n) is 2.87. The van der Waals surface area contributed by atoms with Crippen LogP contribution in [0.1, 0.15) is 19.8 Å². The lowest BCUT2D eigenvalue weighted by Gasteiger charge is -2.33. The van der Waals surface area contributed by atoms with E-state index in [1.54, 1.807) is 25.2 Å². The zero-order valence-electron chi connectivity index (χ0n) is 13.8. The van der Waals surface area contributed by atoms with E-state index in [0.717, 1.165) is 19.0 Å². The quantitative estimate of drug-likeness (QED) is 0.286. The molecule has 0 bridgehead atoms. The Bertz CT molecular complexity index is 561. The summed E-state index contributed by atoms with van der Waals surface area (Å²) in [6.07, 6.45) is 2.46. The molecule has 1 atom stereocenters. The lowest BCUT2D eigenvalue weighted by molar-refractivity contribution is -0.384. The van der Waals surface area contributed by atoms with E-state index in [-0.39, 0.29) is 10.6 Å². The molecule has 1 fully saturated rings. The molecular weight excluding hydrogens is 294 g/mol. The molecule has 23 heavy (non-hydrogen) atoms. The van der Waals surface area contributed by atoms with Gasteiger partial charge in [0.1, 0.15) is 5.69 Å². The average Bonchev–Trinajstić information content (AvgIpc) is 2.55. The molecule has 0 spiro atoms. The van der Waals surface area contributed by atoms with Gasteiger partial charge in [-0.15, -0.1) is 0 Å².